The summed E-state index contributed by atoms with van der Waals surface area (Å²) in [6, 6.07) is 4.40. The molecule has 42 heavy (non-hydrogen) atoms. The fourth-order valence-corrected chi connectivity index (χ4v) is 5.55. The van der Waals surface area contributed by atoms with Gasteiger partial charge < -0.3 is 24.2 Å². The van der Waals surface area contributed by atoms with E-state index in [1.165, 1.54) is 30.3 Å². The lowest BCUT2D eigenvalue weighted by Crippen LogP contribution is -2.46. The van der Waals surface area contributed by atoms with Crippen LogP contribution in [0.2, 0.25) is 0 Å². The monoisotopic (exact) mass is 593 g/mol. The fourth-order valence-electron chi connectivity index (χ4n) is 5.55. The van der Waals surface area contributed by atoms with Gasteiger partial charge in [-0.25, -0.2) is 9.78 Å². The quantitative estimate of drug-likeness (QED) is 0.379. The maximum atomic E-state index is 14.0. The van der Waals surface area contributed by atoms with Crippen molar-refractivity contribution < 1.29 is 42.1 Å². The molecular formula is C30H38F3N3O6. The molecule has 1 saturated heterocycles. The van der Waals surface area contributed by atoms with E-state index < -0.39 is 29.6 Å². The topological polar surface area (TPSA) is 101 Å². The Balaban J connectivity index is 1.64. The van der Waals surface area contributed by atoms with Crippen LogP contribution in [-0.2, 0) is 27.0 Å². The molecular weight excluding hydrogens is 555 g/mol. The van der Waals surface area contributed by atoms with E-state index in [4.69, 9.17) is 14.2 Å². The van der Waals surface area contributed by atoms with Crippen molar-refractivity contribution in [3.63, 3.8) is 0 Å². The molecule has 4 rings (SSSR count). The number of carbonyl (C=O) groups is 2. The Bertz CT molecular complexity index is 1240. The van der Waals surface area contributed by atoms with Crippen molar-refractivity contribution in [2.45, 2.75) is 58.3 Å². The molecule has 1 aromatic carbocycles. The van der Waals surface area contributed by atoms with Gasteiger partial charge in [0, 0.05) is 38.9 Å². The van der Waals surface area contributed by atoms with Gasteiger partial charge in [-0.2, -0.15) is 13.2 Å². The predicted molar refractivity (Wildman–Crippen MR) is 149 cm³/mol. The van der Waals surface area contributed by atoms with Gasteiger partial charge in [-0.1, -0.05) is 6.92 Å². The molecule has 0 bridgehead atoms. The number of anilines is 1. The van der Waals surface area contributed by atoms with Crippen LogP contribution >= 0.6 is 0 Å². The summed E-state index contributed by atoms with van der Waals surface area (Å²) in [5.74, 6) is -2.11. The zero-order valence-electron chi connectivity index (χ0n) is 24.2. The highest BCUT2D eigenvalue weighted by molar-refractivity contribution is 6.03. The second-order valence-electron chi connectivity index (χ2n) is 11.1. The first-order valence-corrected chi connectivity index (χ1v) is 14.2. The molecule has 0 unspecified atom stereocenters. The van der Waals surface area contributed by atoms with E-state index in [2.05, 4.69) is 11.9 Å². The van der Waals surface area contributed by atoms with E-state index in [0.717, 1.165) is 25.0 Å². The molecule has 1 aromatic heterocycles. The molecule has 2 aromatic rings. The molecule has 2 fully saturated rings. The number of alkyl halides is 3. The first kappa shape index (κ1) is 31.7. The van der Waals surface area contributed by atoms with Gasteiger partial charge in [0.25, 0.3) is 0 Å². The summed E-state index contributed by atoms with van der Waals surface area (Å²) in [6.07, 6.45) is -0.220. The highest BCUT2D eigenvalue weighted by Crippen LogP contribution is 2.39. The number of amides is 1. The minimum atomic E-state index is -4.75. The molecule has 2 heterocycles. The predicted octanol–water partition coefficient (Wildman–Crippen LogP) is 5.62. The minimum absolute atomic E-state index is 0.132. The molecule has 1 atom stereocenters. The summed E-state index contributed by atoms with van der Waals surface area (Å²) in [6.45, 7) is 6.58. The number of carbonyl (C=O) groups excluding carboxylic acids is 1. The van der Waals surface area contributed by atoms with Gasteiger partial charge in [0.05, 0.1) is 37.1 Å². The number of hydrogen-bond acceptors (Lipinski definition) is 7. The Morgan fingerprint density at radius 1 is 1.17 bits per heavy atom. The lowest BCUT2D eigenvalue weighted by Gasteiger charge is -2.35. The normalized spacial score (nSPS) is 20.6. The summed E-state index contributed by atoms with van der Waals surface area (Å²) in [7, 11) is 1.49. The smallest absolute Gasteiger partial charge is 0.421 e. The van der Waals surface area contributed by atoms with Crippen LogP contribution in [0.3, 0.4) is 0 Å². The van der Waals surface area contributed by atoms with E-state index in [0.29, 0.717) is 50.6 Å². The van der Waals surface area contributed by atoms with Crippen molar-refractivity contribution >= 4 is 17.6 Å². The number of hydrogen-bond donors (Lipinski definition) is 1. The second kappa shape index (κ2) is 13.8. The van der Waals surface area contributed by atoms with E-state index >= 15 is 0 Å². The number of morpholine rings is 1. The number of aromatic nitrogens is 1. The lowest BCUT2D eigenvalue weighted by atomic mass is 9.82. The SMILES string of the molecule is COC[C@H](C)N(C(=O)C1CCC(C)CC1)c1ccc(Oc2ncc(CN3CCOCC3)cc2C(F)(F)F)cc1C(=O)O. The molecule has 1 amide bonds. The van der Waals surface area contributed by atoms with Gasteiger partial charge in [-0.05, 0) is 68.4 Å². The minimum Gasteiger partial charge on any atom is -0.478 e. The van der Waals surface area contributed by atoms with Gasteiger partial charge >= 0.3 is 12.1 Å². The van der Waals surface area contributed by atoms with Crippen LogP contribution in [0, 0.1) is 11.8 Å². The van der Waals surface area contributed by atoms with Crippen LogP contribution < -0.4 is 9.64 Å². The Kier molecular flexibility index (Phi) is 10.4. The van der Waals surface area contributed by atoms with Crippen molar-refractivity contribution in [1.82, 2.24) is 9.88 Å². The van der Waals surface area contributed by atoms with Gasteiger partial charge in [-0.15, -0.1) is 0 Å². The van der Waals surface area contributed by atoms with Crippen LogP contribution in [0.25, 0.3) is 0 Å². The number of carboxylic acids is 1. The number of halogens is 3. The highest BCUT2D eigenvalue weighted by Gasteiger charge is 2.37. The Labute approximate surface area is 243 Å². The standard InChI is InChI=1S/C30H38F3N3O6/c1-19-4-6-22(7-5-19)28(37)36(20(2)18-40-3)26-9-8-23(15-24(26)29(38)39)42-27-25(30(31,32)33)14-21(16-34-27)17-35-10-12-41-13-11-35/h8-9,14-16,19-20,22H,4-7,10-13,17-18H2,1-3H3,(H,38,39)/t19?,20-,22?/m0/s1. The number of rotatable bonds is 10. The first-order chi connectivity index (χ1) is 20.0. The van der Waals surface area contributed by atoms with E-state index in [9.17, 15) is 27.9 Å². The largest absolute Gasteiger partial charge is 0.478 e. The van der Waals surface area contributed by atoms with Crippen molar-refractivity contribution in [1.29, 1.82) is 0 Å². The number of carboxylic acid groups (broad SMARTS) is 1. The van der Waals surface area contributed by atoms with E-state index in [-0.39, 0.29) is 42.0 Å². The third-order valence-corrected chi connectivity index (χ3v) is 7.85. The van der Waals surface area contributed by atoms with Gasteiger partial charge in [0.2, 0.25) is 11.8 Å². The summed E-state index contributed by atoms with van der Waals surface area (Å²) in [5, 5.41) is 10.1. The Hall–Kier alpha value is -3.22. The summed E-state index contributed by atoms with van der Waals surface area (Å²) in [4.78, 5) is 33.5. The van der Waals surface area contributed by atoms with Crippen molar-refractivity contribution in [2.75, 3.05) is 44.9 Å². The molecule has 2 aliphatic rings. The third kappa shape index (κ3) is 7.78. The summed E-state index contributed by atoms with van der Waals surface area (Å²) >= 11 is 0. The summed E-state index contributed by atoms with van der Waals surface area (Å²) in [5.41, 5.74) is -0.832. The van der Waals surface area contributed by atoms with Crippen molar-refractivity contribution in [2.24, 2.45) is 11.8 Å². The molecule has 1 aliphatic heterocycles. The average Bonchev–Trinajstić information content (AvgIpc) is 2.95. The molecule has 230 valence electrons. The molecule has 1 aliphatic carbocycles. The van der Waals surface area contributed by atoms with Gasteiger partial charge in [0.1, 0.15) is 11.3 Å². The van der Waals surface area contributed by atoms with E-state index in [1.54, 1.807) is 6.92 Å². The molecule has 1 N–H and O–H groups in total. The number of pyridine rings is 1. The van der Waals surface area contributed by atoms with Gasteiger partial charge in [0.15, 0.2) is 0 Å². The number of ether oxygens (including phenoxy) is 3. The van der Waals surface area contributed by atoms with Crippen LogP contribution in [0.15, 0.2) is 30.5 Å². The highest BCUT2D eigenvalue weighted by atomic mass is 19.4. The molecule has 1 saturated carbocycles. The molecule has 0 spiro atoms. The zero-order valence-corrected chi connectivity index (χ0v) is 24.2. The first-order valence-electron chi connectivity index (χ1n) is 14.2. The lowest BCUT2D eigenvalue weighted by molar-refractivity contribution is -0.139. The van der Waals surface area contributed by atoms with E-state index in [1.807, 2.05) is 4.90 Å². The average molecular weight is 594 g/mol. The fraction of sp³-hybridized carbons (Fsp3) is 0.567. The van der Waals surface area contributed by atoms with Crippen LogP contribution in [0.1, 0.15) is 61.0 Å². The second-order valence-corrected chi connectivity index (χ2v) is 11.1. The summed E-state index contributed by atoms with van der Waals surface area (Å²) < 4.78 is 58.2. The zero-order chi connectivity index (χ0) is 30.4. The van der Waals surface area contributed by atoms with Gasteiger partial charge in [-0.3, -0.25) is 9.69 Å². The molecule has 12 heteroatoms. The number of methoxy groups -OCH3 is 1. The number of benzene rings is 1. The van der Waals surface area contributed by atoms with Crippen LogP contribution in [0.5, 0.6) is 11.6 Å². The maximum absolute atomic E-state index is 14.0. The Morgan fingerprint density at radius 3 is 2.48 bits per heavy atom. The number of aromatic carboxylic acids is 1. The van der Waals surface area contributed by atoms with Crippen molar-refractivity contribution in [3.05, 3.63) is 47.2 Å². The van der Waals surface area contributed by atoms with Crippen LogP contribution in [0.4, 0.5) is 18.9 Å². The van der Waals surface area contributed by atoms with Crippen molar-refractivity contribution in [3.8, 4) is 11.6 Å². The maximum Gasteiger partial charge on any atom is 0.421 e. The third-order valence-electron chi connectivity index (χ3n) is 7.85. The number of nitrogens with zero attached hydrogens (tertiary/aromatic N) is 3. The Morgan fingerprint density at radius 2 is 1.86 bits per heavy atom. The van der Waals surface area contributed by atoms with Crippen LogP contribution in [-0.4, -0.2) is 72.9 Å². The molecule has 0 radical (unpaired) electrons. The molecule has 9 nitrogen and oxygen atoms in total.